The molecule has 9 nitrogen and oxygen atoms in total. The normalized spacial score (nSPS) is 15.9. The van der Waals surface area contributed by atoms with Crippen LogP contribution in [0, 0.1) is 20.2 Å². The highest BCUT2D eigenvalue weighted by Crippen LogP contribution is 2.36. The molecule has 0 radical (unpaired) electrons. The Morgan fingerprint density at radius 1 is 1.12 bits per heavy atom. The van der Waals surface area contributed by atoms with Crippen LogP contribution in [0.25, 0.3) is 0 Å². The average molecular weight is 241 g/mol. The molecule has 9 heteroatoms. The summed E-state index contributed by atoms with van der Waals surface area (Å²) in [5.74, 6) is -0.878. The fraction of sp³-hybridized carbons (Fsp3) is 0.625. The molecule has 0 unspecified atom stereocenters. The Morgan fingerprint density at radius 2 is 1.76 bits per heavy atom. The third kappa shape index (κ3) is 2.03. The molecule has 0 aromatic carbocycles. The maximum absolute atomic E-state index is 10.8. The fourth-order valence-corrected chi connectivity index (χ4v) is 1.98. The van der Waals surface area contributed by atoms with Crippen molar-refractivity contribution in [3.63, 3.8) is 0 Å². The molecule has 1 aliphatic rings. The minimum Gasteiger partial charge on any atom is -0.358 e. The van der Waals surface area contributed by atoms with Crippen molar-refractivity contribution in [2.45, 2.75) is 19.3 Å². The number of rotatable bonds is 3. The Labute approximate surface area is 95.7 Å². The van der Waals surface area contributed by atoms with E-state index in [1.807, 2.05) is 0 Å². The maximum Gasteiger partial charge on any atom is 0.443 e. The van der Waals surface area contributed by atoms with E-state index < -0.39 is 21.5 Å². The summed E-state index contributed by atoms with van der Waals surface area (Å²) in [7, 11) is 0. The van der Waals surface area contributed by atoms with E-state index in [0.717, 1.165) is 19.3 Å². The molecular formula is C8H11N5O4. The molecule has 17 heavy (non-hydrogen) atoms. The Hall–Kier alpha value is -2.19. The second-order valence-electron chi connectivity index (χ2n) is 3.81. The van der Waals surface area contributed by atoms with Crippen molar-refractivity contribution >= 4 is 17.3 Å². The zero-order valence-electron chi connectivity index (χ0n) is 8.96. The van der Waals surface area contributed by atoms with Crippen LogP contribution in [0.15, 0.2) is 0 Å². The molecule has 0 bridgehead atoms. The number of nitro groups is 2. The first-order chi connectivity index (χ1) is 8.11. The Balaban J connectivity index is 2.43. The summed E-state index contributed by atoms with van der Waals surface area (Å²) < 4.78 is 0. The van der Waals surface area contributed by atoms with Gasteiger partial charge in [0.05, 0.1) is 0 Å². The monoisotopic (exact) mass is 241 g/mol. The summed E-state index contributed by atoms with van der Waals surface area (Å²) in [6.07, 6.45) is 2.79. The molecule has 2 rings (SSSR count). The summed E-state index contributed by atoms with van der Waals surface area (Å²) in [4.78, 5) is 21.8. The Kier molecular flexibility index (Phi) is 2.90. The fourth-order valence-electron chi connectivity index (χ4n) is 1.98. The van der Waals surface area contributed by atoms with Crippen molar-refractivity contribution in [2.24, 2.45) is 0 Å². The lowest BCUT2D eigenvalue weighted by molar-refractivity contribution is -0.392. The minimum atomic E-state index is -0.701. The number of hydrogen-bond donors (Lipinski definition) is 1. The average Bonchev–Trinajstić information content (AvgIpc) is 2.74. The van der Waals surface area contributed by atoms with E-state index in [9.17, 15) is 20.2 Å². The third-order valence-electron chi connectivity index (χ3n) is 2.73. The van der Waals surface area contributed by atoms with Crippen LogP contribution in [-0.2, 0) is 0 Å². The molecule has 2 heterocycles. The summed E-state index contributed by atoms with van der Waals surface area (Å²) >= 11 is 0. The first-order valence-corrected chi connectivity index (χ1v) is 5.23. The molecule has 0 saturated carbocycles. The number of nitrogens with zero attached hydrogens (tertiary/aromatic N) is 4. The molecule has 0 atom stereocenters. The van der Waals surface area contributed by atoms with Crippen LogP contribution >= 0.6 is 0 Å². The van der Waals surface area contributed by atoms with Crippen molar-refractivity contribution in [1.82, 2.24) is 10.2 Å². The first-order valence-electron chi connectivity index (χ1n) is 5.23. The zero-order valence-corrected chi connectivity index (χ0v) is 8.96. The quantitative estimate of drug-likeness (QED) is 0.627. The van der Waals surface area contributed by atoms with Crippen LogP contribution < -0.4 is 4.90 Å². The second-order valence-corrected chi connectivity index (χ2v) is 3.81. The van der Waals surface area contributed by atoms with Crippen LogP contribution in [0.4, 0.5) is 17.3 Å². The van der Waals surface area contributed by atoms with Gasteiger partial charge in [-0.2, -0.15) is 0 Å². The molecule has 1 aromatic heterocycles. The molecule has 0 aliphatic carbocycles. The molecule has 1 N–H and O–H groups in total. The van der Waals surface area contributed by atoms with Crippen molar-refractivity contribution in [3.05, 3.63) is 20.2 Å². The van der Waals surface area contributed by atoms with Gasteiger partial charge in [0.25, 0.3) is 0 Å². The zero-order chi connectivity index (χ0) is 12.4. The predicted molar refractivity (Wildman–Crippen MR) is 58.0 cm³/mol. The van der Waals surface area contributed by atoms with Crippen LogP contribution in [-0.4, -0.2) is 33.1 Å². The summed E-state index contributed by atoms with van der Waals surface area (Å²) in [5, 5.41) is 27.1. The van der Waals surface area contributed by atoms with Gasteiger partial charge in [0.1, 0.15) is 5.10 Å². The number of aromatic nitrogens is 2. The summed E-state index contributed by atoms with van der Waals surface area (Å²) in [5.41, 5.74) is -0.000278. The molecule has 1 fully saturated rings. The lowest BCUT2D eigenvalue weighted by Crippen LogP contribution is -2.30. The number of piperidine rings is 1. The maximum atomic E-state index is 10.8. The van der Waals surface area contributed by atoms with Crippen molar-refractivity contribution in [3.8, 4) is 0 Å². The second kappa shape index (κ2) is 4.36. The van der Waals surface area contributed by atoms with E-state index in [0.29, 0.717) is 13.1 Å². The topological polar surface area (TPSA) is 118 Å². The largest absolute Gasteiger partial charge is 0.443 e. The lowest BCUT2D eigenvalue weighted by atomic mass is 10.1. The van der Waals surface area contributed by atoms with E-state index >= 15 is 0 Å². The van der Waals surface area contributed by atoms with Crippen LogP contribution in [0.1, 0.15) is 19.3 Å². The highest BCUT2D eigenvalue weighted by Gasteiger charge is 2.35. The molecular weight excluding hydrogens is 230 g/mol. The number of anilines is 1. The SMILES string of the molecule is O=[N+]([O-])c1n[nH]c([N+](=O)[O-])c1N1CCCCC1. The van der Waals surface area contributed by atoms with E-state index in [1.54, 1.807) is 4.90 Å². The molecule has 0 spiro atoms. The molecule has 0 amide bonds. The smallest absolute Gasteiger partial charge is 0.358 e. The van der Waals surface area contributed by atoms with Gasteiger partial charge in [-0.05, 0) is 34.2 Å². The first kappa shape index (κ1) is 11.3. The van der Waals surface area contributed by atoms with E-state index in [4.69, 9.17) is 0 Å². The van der Waals surface area contributed by atoms with E-state index in [1.165, 1.54) is 0 Å². The standard InChI is InChI=1S/C8H11N5O4/c14-12(15)7-6(8(10-9-7)13(16)17)11-4-2-1-3-5-11/h1-5H2,(H,9,10). The van der Waals surface area contributed by atoms with Crippen LogP contribution in [0.5, 0.6) is 0 Å². The van der Waals surface area contributed by atoms with Gasteiger partial charge in [0, 0.05) is 13.1 Å². The van der Waals surface area contributed by atoms with Gasteiger partial charge >= 0.3 is 11.6 Å². The predicted octanol–water partition coefficient (Wildman–Crippen LogP) is 1.22. The highest BCUT2D eigenvalue weighted by atomic mass is 16.6. The number of aromatic amines is 1. The lowest BCUT2D eigenvalue weighted by Gasteiger charge is -2.25. The van der Waals surface area contributed by atoms with Gasteiger partial charge in [-0.1, -0.05) is 0 Å². The number of H-pyrrole nitrogens is 1. The molecule has 1 aromatic rings. The van der Waals surface area contributed by atoms with Crippen LogP contribution in [0.3, 0.4) is 0 Å². The van der Waals surface area contributed by atoms with Gasteiger partial charge in [-0.25, -0.2) is 0 Å². The van der Waals surface area contributed by atoms with E-state index in [-0.39, 0.29) is 5.69 Å². The van der Waals surface area contributed by atoms with Gasteiger partial charge in [-0.3, -0.25) is 0 Å². The minimum absolute atomic E-state index is 0.000278. The molecule has 92 valence electrons. The van der Waals surface area contributed by atoms with Crippen LogP contribution in [0.2, 0.25) is 0 Å². The van der Waals surface area contributed by atoms with E-state index in [2.05, 4.69) is 10.2 Å². The molecule has 1 saturated heterocycles. The van der Waals surface area contributed by atoms with Crippen molar-refractivity contribution in [2.75, 3.05) is 18.0 Å². The summed E-state index contributed by atoms with van der Waals surface area (Å²) in [6.45, 7) is 1.17. The Morgan fingerprint density at radius 3 is 2.29 bits per heavy atom. The van der Waals surface area contributed by atoms with Gasteiger partial charge in [0.2, 0.25) is 5.69 Å². The highest BCUT2D eigenvalue weighted by molar-refractivity contribution is 5.70. The van der Waals surface area contributed by atoms with Gasteiger partial charge < -0.3 is 25.1 Å². The van der Waals surface area contributed by atoms with Crippen molar-refractivity contribution < 1.29 is 9.85 Å². The van der Waals surface area contributed by atoms with Crippen molar-refractivity contribution in [1.29, 1.82) is 0 Å². The molecule has 1 aliphatic heterocycles. The Bertz CT molecular complexity index is 419. The van der Waals surface area contributed by atoms with Gasteiger partial charge in [-0.15, -0.1) is 0 Å². The number of nitrogens with one attached hydrogen (secondary N) is 1. The summed E-state index contributed by atoms with van der Waals surface area (Å²) in [6, 6.07) is 0. The number of hydrogen-bond acceptors (Lipinski definition) is 6. The third-order valence-corrected chi connectivity index (χ3v) is 2.73. The van der Waals surface area contributed by atoms with Gasteiger partial charge in [0.15, 0.2) is 0 Å².